The highest BCUT2D eigenvalue weighted by Gasteiger charge is 2.27. The van der Waals surface area contributed by atoms with Crippen molar-refractivity contribution in [3.63, 3.8) is 0 Å². The average Bonchev–Trinajstić information content (AvgIpc) is 2.67. The Bertz CT molecular complexity index is 761. The Morgan fingerprint density at radius 2 is 2.11 bits per heavy atom. The third-order valence-corrected chi connectivity index (χ3v) is 4.87. The predicted molar refractivity (Wildman–Crippen MR) is 101 cm³/mol. The van der Waals surface area contributed by atoms with E-state index in [1.165, 1.54) is 12.3 Å². The number of phenols is 1. The Morgan fingerprint density at radius 3 is 2.78 bits per heavy atom. The molecule has 0 saturated carbocycles. The molecule has 2 N–H and O–H groups in total. The maximum atomic E-state index is 13.1. The molecule has 2 aromatic rings. The van der Waals surface area contributed by atoms with Crippen molar-refractivity contribution in [2.75, 3.05) is 20.1 Å². The molecule has 0 aliphatic carbocycles. The summed E-state index contributed by atoms with van der Waals surface area (Å²) in [6.45, 7) is 2.52. The molecule has 0 unspecified atom stereocenters. The van der Waals surface area contributed by atoms with Crippen molar-refractivity contribution in [2.24, 2.45) is 0 Å². The third-order valence-electron chi connectivity index (χ3n) is 4.87. The summed E-state index contributed by atoms with van der Waals surface area (Å²) in [5.74, 6) is -0.220. The topological polar surface area (TPSA) is 68.7 Å². The lowest BCUT2D eigenvalue weighted by atomic mass is 10.0. The van der Waals surface area contributed by atoms with Crippen molar-refractivity contribution in [3.8, 4) is 5.75 Å². The van der Waals surface area contributed by atoms with Crippen LogP contribution in [0.25, 0.3) is 0 Å². The van der Waals surface area contributed by atoms with Gasteiger partial charge in [-0.2, -0.15) is 0 Å². The average molecular weight is 372 g/mol. The second-order valence-electron chi connectivity index (χ2n) is 6.96. The van der Waals surface area contributed by atoms with Gasteiger partial charge >= 0.3 is 6.03 Å². The normalized spacial score (nSPS) is 15.5. The maximum absolute atomic E-state index is 13.1. The van der Waals surface area contributed by atoms with Crippen LogP contribution in [0.4, 0.5) is 9.18 Å². The van der Waals surface area contributed by atoms with Gasteiger partial charge in [-0.1, -0.05) is 12.1 Å². The number of rotatable bonds is 5. The molecule has 2 heterocycles. The van der Waals surface area contributed by atoms with Crippen molar-refractivity contribution in [1.82, 2.24) is 20.1 Å². The van der Waals surface area contributed by atoms with Crippen LogP contribution in [0.3, 0.4) is 0 Å². The first kappa shape index (κ1) is 19.1. The second-order valence-corrected chi connectivity index (χ2v) is 6.96. The van der Waals surface area contributed by atoms with Crippen molar-refractivity contribution in [3.05, 3.63) is 59.7 Å². The zero-order valence-corrected chi connectivity index (χ0v) is 15.4. The van der Waals surface area contributed by atoms with Crippen molar-refractivity contribution < 1.29 is 14.3 Å². The van der Waals surface area contributed by atoms with E-state index in [2.05, 4.69) is 22.2 Å². The molecule has 0 bridgehead atoms. The van der Waals surface area contributed by atoms with Crippen molar-refractivity contribution >= 4 is 6.03 Å². The first-order chi connectivity index (χ1) is 13.0. The van der Waals surface area contributed by atoms with Crippen LogP contribution in [-0.4, -0.2) is 52.1 Å². The number of hydrogen-bond donors (Lipinski definition) is 2. The zero-order chi connectivity index (χ0) is 19.2. The molecule has 144 valence electrons. The monoisotopic (exact) mass is 372 g/mol. The number of pyridine rings is 1. The van der Waals surface area contributed by atoms with Crippen LogP contribution < -0.4 is 5.32 Å². The number of likely N-dealkylation sites (tertiary alicyclic amines) is 1. The highest BCUT2D eigenvalue weighted by molar-refractivity contribution is 5.74. The number of nitrogens with zero attached hydrogens (tertiary/aromatic N) is 3. The van der Waals surface area contributed by atoms with Gasteiger partial charge < -0.3 is 20.2 Å². The molecular weight excluding hydrogens is 347 g/mol. The lowest BCUT2D eigenvalue weighted by Gasteiger charge is -2.37. The number of piperidine rings is 1. The number of aromatic hydroxyl groups is 1. The van der Waals surface area contributed by atoms with Crippen LogP contribution in [0.2, 0.25) is 0 Å². The van der Waals surface area contributed by atoms with E-state index in [4.69, 9.17) is 0 Å². The molecule has 27 heavy (non-hydrogen) atoms. The number of halogens is 1. The summed E-state index contributed by atoms with van der Waals surface area (Å²) in [4.78, 5) is 21.0. The molecule has 3 rings (SSSR count). The van der Waals surface area contributed by atoms with Crippen LogP contribution in [0.5, 0.6) is 5.75 Å². The summed E-state index contributed by atoms with van der Waals surface area (Å²) >= 11 is 0. The van der Waals surface area contributed by atoms with Crippen molar-refractivity contribution in [2.45, 2.75) is 32.0 Å². The Morgan fingerprint density at radius 1 is 1.33 bits per heavy atom. The van der Waals surface area contributed by atoms with E-state index in [0.717, 1.165) is 31.5 Å². The number of aromatic nitrogens is 1. The summed E-state index contributed by atoms with van der Waals surface area (Å²) in [5.41, 5.74) is 1.48. The molecule has 0 radical (unpaired) electrons. The Kier molecular flexibility index (Phi) is 6.24. The van der Waals surface area contributed by atoms with Gasteiger partial charge in [-0.15, -0.1) is 0 Å². The van der Waals surface area contributed by atoms with Gasteiger partial charge in [-0.3, -0.25) is 4.98 Å². The number of benzene rings is 1. The summed E-state index contributed by atoms with van der Waals surface area (Å²) in [5, 5.41) is 12.5. The van der Waals surface area contributed by atoms with Gasteiger partial charge in [0.25, 0.3) is 0 Å². The standard InChI is InChI=1S/C20H25FN4O2/c1-24-9-7-18(8-10-24)25(14-17-6-5-16(21)13-22-17)20(27)23-12-15-3-2-4-19(26)11-15/h2-6,11,13,18,26H,7-10,12,14H2,1H3,(H,23,27). The molecule has 1 saturated heterocycles. The minimum atomic E-state index is -0.391. The number of nitrogens with one attached hydrogen (secondary N) is 1. The van der Waals surface area contributed by atoms with Crippen LogP contribution in [0.15, 0.2) is 42.6 Å². The molecule has 1 aliphatic heterocycles. The zero-order valence-electron chi connectivity index (χ0n) is 15.4. The van der Waals surface area contributed by atoms with E-state index in [1.54, 1.807) is 29.2 Å². The molecule has 0 atom stereocenters. The fourth-order valence-corrected chi connectivity index (χ4v) is 3.29. The SMILES string of the molecule is CN1CCC(N(Cc2ccc(F)cn2)C(=O)NCc2cccc(O)c2)CC1. The van der Waals surface area contributed by atoms with Crippen molar-refractivity contribution in [1.29, 1.82) is 0 Å². The van der Waals surface area contributed by atoms with Gasteiger partial charge in [0.15, 0.2) is 0 Å². The molecule has 6 nitrogen and oxygen atoms in total. The second kappa shape index (κ2) is 8.81. The Hall–Kier alpha value is -2.67. The highest BCUT2D eigenvalue weighted by atomic mass is 19.1. The smallest absolute Gasteiger partial charge is 0.318 e. The van der Waals surface area contributed by atoms with Crippen LogP contribution in [0, 0.1) is 5.82 Å². The molecule has 1 aromatic carbocycles. The van der Waals surface area contributed by atoms with Gasteiger partial charge in [0, 0.05) is 12.6 Å². The lowest BCUT2D eigenvalue weighted by molar-refractivity contribution is 0.126. The number of carbonyl (C=O) groups excluding carboxylic acids is 1. The van der Waals surface area contributed by atoms with Gasteiger partial charge in [0.05, 0.1) is 18.4 Å². The van der Waals surface area contributed by atoms with E-state index in [-0.39, 0.29) is 17.8 Å². The predicted octanol–water partition coefficient (Wildman–Crippen LogP) is 2.73. The lowest BCUT2D eigenvalue weighted by Crippen LogP contribution is -2.49. The number of urea groups is 1. The fourth-order valence-electron chi connectivity index (χ4n) is 3.29. The maximum Gasteiger partial charge on any atom is 0.318 e. The third kappa shape index (κ3) is 5.40. The molecule has 0 spiro atoms. The van der Waals surface area contributed by atoms with Gasteiger partial charge in [0.2, 0.25) is 0 Å². The Balaban J connectivity index is 1.69. The van der Waals surface area contributed by atoms with E-state index in [9.17, 15) is 14.3 Å². The van der Waals surface area contributed by atoms with Gasteiger partial charge in [-0.05, 0) is 62.8 Å². The number of carbonyl (C=O) groups is 1. The minimum absolute atomic E-state index is 0.109. The van der Waals surface area contributed by atoms with Crippen LogP contribution in [-0.2, 0) is 13.1 Å². The van der Waals surface area contributed by atoms with Gasteiger partial charge in [-0.25, -0.2) is 9.18 Å². The Labute approximate surface area is 158 Å². The van der Waals surface area contributed by atoms with E-state index >= 15 is 0 Å². The molecule has 2 amide bonds. The molecule has 1 aliphatic rings. The first-order valence-corrected chi connectivity index (χ1v) is 9.12. The number of hydrogen-bond acceptors (Lipinski definition) is 4. The summed E-state index contributed by atoms with van der Waals surface area (Å²) < 4.78 is 13.1. The largest absolute Gasteiger partial charge is 0.508 e. The molecule has 1 fully saturated rings. The highest BCUT2D eigenvalue weighted by Crippen LogP contribution is 2.19. The fraction of sp³-hybridized carbons (Fsp3) is 0.400. The molecular formula is C20H25FN4O2. The van der Waals surface area contributed by atoms with E-state index in [1.807, 2.05) is 6.07 Å². The van der Waals surface area contributed by atoms with E-state index < -0.39 is 5.82 Å². The van der Waals surface area contributed by atoms with Crippen LogP contribution in [0.1, 0.15) is 24.1 Å². The summed E-state index contributed by atoms with van der Waals surface area (Å²) in [6, 6.07) is 9.71. The van der Waals surface area contributed by atoms with E-state index in [0.29, 0.717) is 18.8 Å². The van der Waals surface area contributed by atoms with Gasteiger partial charge in [0.1, 0.15) is 11.6 Å². The quantitative estimate of drug-likeness (QED) is 0.847. The first-order valence-electron chi connectivity index (χ1n) is 9.12. The molecule has 7 heteroatoms. The summed E-state index contributed by atoms with van der Waals surface area (Å²) in [6.07, 6.45) is 2.95. The molecule has 1 aromatic heterocycles. The number of amides is 2. The van der Waals surface area contributed by atoms with Crippen LogP contribution >= 0.6 is 0 Å². The minimum Gasteiger partial charge on any atom is -0.508 e. The number of phenolic OH excluding ortho intramolecular Hbond substituents is 1. The summed E-state index contributed by atoms with van der Waals surface area (Å²) in [7, 11) is 2.07.